The van der Waals surface area contributed by atoms with Crippen LogP contribution in [-0.2, 0) is 20.9 Å². The van der Waals surface area contributed by atoms with Crippen molar-refractivity contribution >= 4 is 18.1 Å². The average Bonchev–Trinajstić information content (AvgIpc) is 2.68. The SMILES string of the molecule is C[C@@H]1CN(C(=O)OC(C)(C)C)CCN1C(=O)[C@@H](NC(=O)OCc1ccccc1)C(C)(C)C. The summed E-state index contributed by atoms with van der Waals surface area (Å²) in [7, 11) is 0. The van der Waals surface area contributed by atoms with Crippen LogP contribution in [0, 0.1) is 5.41 Å². The van der Waals surface area contributed by atoms with Gasteiger partial charge >= 0.3 is 12.2 Å². The lowest BCUT2D eigenvalue weighted by Crippen LogP contribution is -2.62. The van der Waals surface area contributed by atoms with Crippen LogP contribution < -0.4 is 5.32 Å². The Hall–Kier alpha value is -2.77. The number of piperazine rings is 1. The lowest BCUT2D eigenvalue weighted by Gasteiger charge is -2.43. The summed E-state index contributed by atoms with van der Waals surface area (Å²) in [5.41, 5.74) is -0.229. The van der Waals surface area contributed by atoms with Crippen molar-refractivity contribution in [1.29, 1.82) is 0 Å². The normalized spacial score (nSPS) is 18.0. The highest BCUT2D eigenvalue weighted by molar-refractivity contribution is 5.87. The first-order valence-electron chi connectivity index (χ1n) is 11.0. The highest BCUT2D eigenvalue weighted by Crippen LogP contribution is 2.24. The summed E-state index contributed by atoms with van der Waals surface area (Å²) in [6, 6.07) is 8.39. The number of amides is 3. The van der Waals surface area contributed by atoms with Gasteiger partial charge in [0, 0.05) is 25.7 Å². The molecule has 0 unspecified atom stereocenters. The van der Waals surface area contributed by atoms with E-state index in [1.165, 1.54) is 0 Å². The van der Waals surface area contributed by atoms with E-state index in [0.29, 0.717) is 19.6 Å². The van der Waals surface area contributed by atoms with Crippen molar-refractivity contribution in [2.45, 2.75) is 72.8 Å². The Labute approximate surface area is 191 Å². The molecule has 1 aliphatic rings. The van der Waals surface area contributed by atoms with Crippen molar-refractivity contribution in [2.75, 3.05) is 19.6 Å². The van der Waals surface area contributed by atoms with Crippen LogP contribution in [0.2, 0.25) is 0 Å². The van der Waals surface area contributed by atoms with E-state index in [4.69, 9.17) is 9.47 Å². The molecule has 0 bridgehead atoms. The molecule has 32 heavy (non-hydrogen) atoms. The van der Waals surface area contributed by atoms with Gasteiger partial charge in [0.15, 0.2) is 0 Å². The number of hydrogen-bond acceptors (Lipinski definition) is 5. The van der Waals surface area contributed by atoms with E-state index in [2.05, 4.69) is 5.32 Å². The van der Waals surface area contributed by atoms with Gasteiger partial charge in [0.05, 0.1) is 0 Å². The van der Waals surface area contributed by atoms with E-state index in [-0.39, 0.29) is 24.6 Å². The van der Waals surface area contributed by atoms with Crippen LogP contribution in [0.1, 0.15) is 54.0 Å². The van der Waals surface area contributed by atoms with E-state index in [9.17, 15) is 14.4 Å². The lowest BCUT2D eigenvalue weighted by atomic mass is 9.85. The second-order valence-electron chi connectivity index (χ2n) is 10.3. The molecule has 1 heterocycles. The van der Waals surface area contributed by atoms with Crippen molar-refractivity contribution in [1.82, 2.24) is 15.1 Å². The highest BCUT2D eigenvalue weighted by atomic mass is 16.6. The maximum absolute atomic E-state index is 13.4. The lowest BCUT2D eigenvalue weighted by molar-refractivity contribution is -0.140. The molecule has 0 radical (unpaired) electrons. The van der Waals surface area contributed by atoms with E-state index in [1.54, 1.807) is 9.80 Å². The van der Waals surface area contributed by atoms with Gasteiger partial charge in [0.1, 0.15) is 18.2 Å². The Kier molecular flexibility index (Phi) is 8.15. The topological polar surface area (TPSA) is 88.2 Å². The molecule has 8 heteroatoms. The fraction of sp³-hybridized carbons (Fsp3) is 0.625. The predicted molar refractivity (Wildman–Crippen MR) is 122 cm³/mol. The second kappa shape index (κ2) is 10.2. The minimum absolute atomic E-state index is 0.128. The van der Waals surface area contributed by atoms with E-state index in [0.717, 1.165) is 5.56 Å². The second-order valence-corrected chi connectivity index (χ2v) is 10.3. The number of benzene rings is 1. The third-order valence-corrected chi connectivity index (χ3v) is 5.15. The summed E-state index contributed by atoms with van der Waals surface area (Å²) >= 11 is 0. The maximum atomic E-state index is 13.4. The predicted octanol–water partition coefficient (Wildman–Crippen LogP) is 3.80. The Morgan fingerprint density at radius 2 is 1.69 bits per heavy atom. The number of carbonyl (C=O) groups excluding carboxylic acids is 3. The molecule has 1 aromatic carbocycles. The number of ether oxygens (including phenoxy) is 2. The Morgan fingerprint density at radius 3 is 2.22 bits per heavy atom. The van der Waals surface area contributed by atoms with E-state index >= 15 is 0 Å². The number of nitrogens with zero attached hydrogens (tertiary/aromatic N) is 2. The first-order valence-corrected chi connectivity index (χ1v) is 11.0. The van der Waals surface area contributed by atoms with Crippen molar-refractivity contribution in [3.05, 3.63) is 35.9 Å². The molecule has 8 nitrogen and oxygen atoms in total. The van der Waals surface area contributed by atoms with Gasteiger partial charge in [-0.3, -0.25) is 4.79 Å². The molecule has 1 saturated heterocycles. The molecule has 0 saturated carbocycles. The van der Waals surface area contributed by atoms with Gasteiger partial charge in [-0.2, -0.15) is 0 Å². The molecular formula is C24H37N3O5. The molecule has 1 N–H and O–H groups in total. The largest absolute Gasteiger partial charge is 0.445 e. The van der Waals surface area contributed by atoms with Gasteiger partial charge in [-0.1, -0.05) is 51.1 Å². The third-order valence-electron chi connectivity index (χ3n) is 5.15. The molecule has 0 aliphatic carbocycles. The summed E-state index contributed by atoms with van der Waals surface area (Å²) in [6.45, 7) is 14.3. The van der Waals surface area contributed by atoms with Gasteiger partial charge in [-0.25, -0.2) is 9.59 Å². The first kappa shape index (κ1) is 25.5. The van der Waals surface area contributed by atoms with E-state index in [1.807, 2.05) is 78.8 Å². The van der Waals surface area contributed by atoms with Crippen molar-refractivity contribution in [3.8, 4) is 0 Å². The van der Waals surface area contributed by atoms with Gasteiger partial charge in [-0.05, 0) is 38.7 Å². The highest BCUT2D eigenvalue weighted by Gasteiger charge is 2.40. The van der Waals surface area contributed by atoms with Crippen molar-refractivity contribution in [3.63, 3.8) is 0 Å². The van der Waals surface area contributed by atoms with Crippen LogP contribution in [0.15, 0.2) is 30.3 Å². The number of hydrogen-bond donors (Lipinski definition) is 1. The monoisotopic (exact) mass is 447 g/mol. The average molecular weight is 448 g/mol. The third kappa shape index (κ3) is 7.43. The Morgan fingerprint density at radius 1 is 1.06 bits per heavy atom. The molecule has 1 aliphatic heterocycles. The summed E-state index contributed by atoms with van der Waals surface area (Å²) in [4.78, 5) is 41.6. The fourth-order valence-corrected chi connectivity index (χ4v) is 3.47. The quantitative estimate of drug-likeness (QED) is 0.759. The fourth-order valence-electron chi connectivity index (χ4n) is 3.47. The van der Waals surface area contributed by atoms with Crippen molar-refractivity contribution in [2.24, 2.45) is 5.41 Å². The molecule has 0 aromatic heterocycles. The molecule has 1 fully saturated rings. The summed E-state index contributed by atoms with van der Waals surface area (Å²) in [6.07, 6.45) is -1.02. The van der Waals surface area contributed by atoms with Gasteiger partial charge < -0.3 is 24.6 Å². The standard InChI is InChI=1S/C24H37N3O5/c1-17-15-26(22(30)32-24(5,6)7)13-14-27(17)20(28)19(23(2,3)4)25-21(29)31-16-18-11-9-8-10-12-18/h8-12,17,19H,13-16H2,1-7H3,(H,25,29)/t17-,19-/m1/s1. The van der Waals surface area contributed by atoms with Crippen LogP contribution in [0.3, 0.4) is 0 Å². The van der Waals surface area contributed by atoms with Gasteiger partial charge in [-0.15, -0.1) is 0 Å². The molecule has 2 atom stereocenters. The Bertz CT molecular complexity index is 798. The molecule has 0 spiro atoms. The van der Waals surface area contributed by atoms with Crippen LogP contribution >= 0.6 is 0 Å². The van der Waals surface area contributed by atoms with Crippen molar-refractivity contribution < 1.29 is 23.9 Å². The van der Waals surface area contributed by atoms with Crippen LogP contribution in [0.5, 0.6) is 0 Å². The number of carbonyl (C=O) groups is 3. The summed E-state index contributed by atoms with van der Waals surface area (Å²) in [5.74, 6) is -0.189. The minimum atomic E-state index is -0.763. The van der Waals surface area contributed by atoms with Crippen LogP contribution in [-0.4, -0.2) is 65.2 Å². The van der Waals surface area contributed by atoms with E-state index < -0.39 is 23.2 Å². The zero-order chi connectivity index (χ0) is 24.1. The summed E-state index contributed by atoms with van der Waals surface area (Å²) in [5, 5.41) is 2.75. The number of rotatable bonds is 4. The summed E-state index contributed by atoms with van der Waals surface area (Å²) < 4.78 is 10.8. The van der Waals surface area contributed by atoms with Gasteiger partial charge in [0.2, 0.25) is 5.91 Å². The zero-order valence-electron chi connectivity index (χ0n) is 20.3. The van der Waals surface area contributed by atoms with Gasteiger partial charge in [0.25, 0.3) is 0 Å². The first-order chi connectivity index (χ1) is 14.8. The molecule has 178 valence electrons. The number of nitrogens with one attached hydrogen (secondary N) is 1. The van der Waals surface area contributed by atoms with Crippen LogP contribution in [0.4, 0.5) is 9.59 Å². The number of alkyl carbamates (subject to hydrolysis) is 1. The Balaban J connectivity index is 2.00. The minimum Gasteiger partial charge on any atom is -0.445 e. The van der Waals surface area contributed by atoms with Crippen LogP contribution in [0.25, 0.3) is 0 Å². The molecular weight excluding hydrogens is 410 g/mol. The zero-order valence-corrected chi connectivity index (χ0v) is 20.3. The molecule has 3 amide bonds. The molecule has 2 rings (SSSR count). The molecule has 1 aromatic rings. The smallest absolute Gasteiger partial charge is 0.410 e. The maximum Gasteiger partial charge on any atom is 0.410 e.